The molecule has 4 aromatic heterocycles. The quantitative estimate of drug-likeness (QED) is 0.350. The average Bonchev–Trinajstić information content (AvgIpc) is 3.61. The van der Waals surface area contributed by atoms with Crippen molar-refractivity contribution in [2.75, 3.05) is 40.0 Å². The molecule has 0 radical (unpaired) electrons. The molecule has 2 saturated heterocycles. The summed E-state index contributed by atoms with van der Waals surface area (Å²) in [4.78, 5) is 11.9. The van der Waals surface area contributed by atoms with E-state index in [1.165, 1.54) is 50.9 Å². The molecule has 0 spiro atoms. The first kappa shape index (κ1) is 26.0. The molecule has 6 rings (SSSR count). The second-order valence-corrected chi connectivity index (χ2v) is 11.4. The summed E-state index contributed by atoms with van der Waals surface area (Å²) in [6, 6.07) is 4.40. The van der Waals surface area contributed by atoms with E-state index in [-0.39, 0.29) is 5.92 Å². The van der Waals surface area contributed by atoms with Gasteiger partial charge in [0.05, 0.1) is 18.5 Å². The van der Waals surface area contributed by atoms with Crippen LogP contribution in [0.1, 0.15) is 68.1 Å². The van der Waals surface area contributed by atoms with Crippen LogP contribution in [0.15, 0.2) is 30.9 Å². The van der Waals surface area contributed by atoms with E-state index in [9.17, 15) is 0 Å². The van der Waals surface area contributed by atoms with E-state index in [2.05, 4.69) is 59.2 Å². The number of aromatic nitrogens is 6. The van der Waals surface area contributed by atoms with Gasteiger partial charge in [-0.2, -0.15) is 10.2 Å². The maximum absolute atomic E-state index is 5.71. The average molecular weight is 530 g/mol. The van der Waals surface area contributed by atoms with Gasteiger partial charge in [0.2, 0.25) is 0 Å². The molecule has 4 aromatic rings. The number of aromatic amines is 1. The highest BCUT2D eigenvalue weighted by Gasteiger charge is 2.26. The third kappa shape index (κ3) is 5.05. The molecule has 0 amide bonds. The summed E-state index contributed by atoms with van der Waals surface area (Å²) in [6.07, 6.45) is 10.4. The van der Waals surface area contributed by atoms with Crippen LogP contribution < -0.4 is 4.74 Å². The molecule has 9 heteroatoms. The second-order valence-electron chi connectivity index (χ2n) is 11.4. The molecule has 2 fully saturated rings. The van der Waals surface area contributed by atoms with E-state index in [1.807, 2.05) is 6.20 Å². The van der Waals surface area contributed by atoms with E-state index >= 15 is 0 Å². The number of piperidine rings is 1. The van der Waals surface area contributed by atoms with Crippen molar-refractivity contribution in [2.45, 2.75) is 58.3 Å². The molecule has 0 unspecified atom stereocenters. The molecule has 2 aliphatic rings. The van der Waals surface area contributed by atoms with Crippen LogP contribution in [0.5, 0.6) is 5.75 Å². The Bertz CT molecular complexity index is 1410. The van der Waals surface area contributed by atoms with Gasteiger partial charge in [0.15, 0.2) is 11.4 Å². The van der Waals surface area contributed by atoms with Gasteiger partial charge in [-0.15, -0.1) is 0 Å². The highest BCUT2D eigenvalue weighted by atomic mass is 16.5. The number of rotatable bonds is 7. The maximum Gasteiger partial charge on any atom is 0.198 e. The lowest BCUT2D eigenvalue weighted by atomic mass is 9.89. The SMILES string of the molecule is COc1c(C)c(-c2[nH]nc(-c3ccc(C4CCN(CC5CCOCC5)CC4)cn3)c2C(C)C)cn2ncnc12. The first-order valence-corrected chi connectivity index (χ1v) is 14.3. The lowest BCUT2D eigenvalue weighted by Gasteiger charge is -2.35. The van der Waals surface area contributed by atoms with Gasteiger partial charge in [0.1, 0.15) is 12.0 Å². The minimum atomic E-state index is 0.243. The number of hydrogen-bond acceptors (Lipinski definition) is 7. The zero-order chi connectivity index (χ0) is 26.9. The van der Waals surface area contributed by atoms with Gasteiger partial charge >= 0.3 is 0 Å². The number of likely N-dealkylation sites (tertiary alicyclic amines) is 1. The number of hydrogen-bond donors (Lipinski definition) is 1. The predicted molar refractivity (Wildman–Crippen MR) is 151 cm³/mol. The number of nitrogens with zero attached hydrogens (tertiary/aromatic N) is 6. The molecular formula is C30H39N7O2. The van der Waals surface area contributed by atoms with Gasteiger partial charge in [-0.1, -0.05) is 19.9 Å². The normalized spacial score (nSPS) is 17.9. The monoisotopic (exact) mass is 529 g/mol. The third-order valence-electron chi connectivity index (χ3n) is 8.57. The second kappa shape index (κ2) is 11.1. The maximum atomic E-state index is 5.71. The summed E-state index contributed by atoms with van der Waals surface area (Å²) in [5.74, 6) is 2.33. The minimum absolute atomic E-state index is 0.243. The fraction of sp³-hybridized carbons (Fsp3) is 0.533. The lowest BCUT2D eigenvalue weighted by Crippen LogP contribution is -2.38. The Kier molecular flexibility index (Phi) is 7.36. The van der Waals surface area contributed by atoms with Crippen molar-refractivity contribution in [3.8, 4) is 28.4 Å². The first-order chi connectivity index (χ1) is 19.0. The van der Waals surface area contributed by atoms with Gasteiger partial charge in [-0.25, -0.2) is 9.50 Å². The Hall–Kier alpha value is -3.30. The van der Waals surface area contributed by atoms with Gasteiger partial charge in [0.25, 0.3) is 0 Å². The number of methoxy groups -OCH3 is 1. The number of pyridine rings is 2. The molecule has 206 valence electrons. The molecule has 9 nitrogen and oxygen atoms in total. The van der Waals surface area contributed by atoms with Crippen LogP contribution in [0.4, 0.5) is 0 Å². The first-order valence-electron chi connectivity index (χ1n) is 14.3. The van der Waals surface area contributed by atoms with Crippen LogP contribution in [0, 0.1) is 12.8 Å². The standard InChI is InChI=1S/C30H39N7O2/c1-19(2)26-27(24-17-37-30(32-18-33-37)29(38-4)20(24)3)34-35-28(26)25-6-5-23(15-31-25)22-7-11-36(12-8-22)16-21-9-13-39-14-10-21/h5-6,15,17-19,21-22H,7-14,16H2,1-4H3,(H,34,35). The Morgan fingerprint density at radius 2 is 1.90 bits per heavy atom. The van der Waals surface area contributed by atoms with Crippen LogP contribution in [0.25, 0.3) is 28.3 Å². The zero-order valence-electron chi connectivity index (χ0n) is 23.5. The summed E-state index contributed by atoms with van der Waals surface area (Å²) in [7, 11) is 1.67. The van der Waals surface area contributed by atoms with Gasteiger partial charge in [-0.3, -0.25) is 10.1 Å². The summed E-state index contributed by atoms with van der Waals surface area (Å²) in [5.41, 5.74) is 7.94. The molecule has 6 heterocycles. The molecule has 39 heavy (non-hydrogen) atoms. The van der Waals surface area contributed by atoms with Crippen molar-refractivity contribution >= 4 is 5.65 Å². The fourth-order valence-electron chi connectivity index (χ4n) is 6.36. The van der Waals surface area contributed by atoms with Crippen molar-refractivity contribution in [3.63, 3.8) is 0 Å². The topological polar surface area (TPSA) is 93.5 Å². The minimum Gasteiger partial charge on any atom is -0.492 e. The van der Waals surface area contributed by atoms with Crippen LogP contribution >= 0.6 is 0 Å². The number of nitrogens with one attached hydrogen (secondary N) is 1. The van der Waals surface area contributed by atoms with E-state index in [0.29, 0.717) is 11.6 Å². The van der Waals surface area contributed by atoms with Crippen LogP contribution in [0.2, 0.25) is 0 Å². The summed E-state index contributed by atoms with van der Waals surface area (Å²) in [6.45, 7) is 11.9. The van der Waals surface area contributed by atoms with Gasteiger partial charge in [0, 0.05) is 48.8 Å². The Morgan fingerprint density at radius 1 is 1.10 bits per heavy atom. The van der Waals surface area contributed by atoms with Gasteiger partial charge in [-0.05, 0) is 75.1 Å². The van der Waals surface area contributed by atoms with E-state index < -0.39 is 0 Å². The Balaban J connectivity index is 1.21. The summed E-state index contributed by atoms with van der Waals surface area (Å²) in [5, 5.41) is 12.4. The molecule has 2 aliphatic heterocycles. The lowest BCUT2D eigenvalue weighted by molar-refractivity contribution is 0.0488. The van der Waals surface area contributed by atoms with Crippen molar-refractivity contribution in [2.24, 2.45) is 5.92 Å². The van der Waals surface area contributed by atoms with E-state index in [4.69, 9.17) is 19.6 Å². The molecule has 0 saturated carbocycles. The highest BCUT2D eigenvalue weighted by Crippen LogP contribution is 2.39. The van der Waals surface area contributed by atoms with Gasteiger partial charge < -0.3 is 14.4 Å². The van der Waals surface area contributed by atoms with E-state index in [0.717, 1.165) is 58.7 Å². The smallest absolute Gasteiger partial charge is 0.198 e. The Morgan fingerprint density at radius 3 is 2.59 bits per heavy atom. The highest BCUT2D eigenvalue weighted by molar-refractivity contribution is 5.78. The summed E-state index contributed by atoms with van der Waals surface area (Å²) >= 11 is 0. The van der Waals surface area contributed by atoms with Crippen LogP contribution in [-0.2, 0) is 4.74 Å². The molecular weight excluding hydrogens is 490 g/mol. The molecule has 0 aliphatic carbocycles. The number of ether oxygens (including phenoxy) is 2. The van der Waals surface area contributed by atoms with Crippen molar-refractivity contribution in [1.29, 1.82) is 0 Å². The predicted octanol–water partition coefficient (Wildman–Crippen LogP) is 5.23. The third-order valence-corrected chi connectivity index (χ3v) is 8.57. The van der Waals surface area contributed by atoms with Crippen molar-refractivity contribution < 1.29 is 9.47 Å². The Labute approximate surface area is 230 Å². The molecule has 1 N–H and O–H groups in total. The largest absolute Gasteiger partial charge is 0.492 e. The van der Waals surface area contributed by atoms with Crippen LogP contribution in [-0.4, -0.2) is 74.6 Å². The fourth-order valence-corrected chi connectivity index (χ4v) is 6.36. The van der Waals surface area contributed by atoms with Crippen molar-refractivity contribution in [1.82, 2.24) is 34.7 Å². The summed E-state index contributed by atoms with van der Waals surface area (Å²) < 4.78 is 13.0. The molecule has 0 bridgehead atoms. The van der Waals surface area contributed by atoms with E-state index in [1.54, 1.807) is 18.0 Å². The molecule has 0 atom stereocenters. The molecule has 0 aromatic carbocycles. The zero-order valence-corrected chi connectivity index (χ0v) is 23.5. The number of fused-ring (bicyclic) bond motifs is 1. The van der Waals surface area contributed by atoms with Crippen molar-refractivity contribution in [3.05, 3.63) is 47.5 Å². The van der Waals surface area contributed by atoms with Crippen LogP contribution in [0.3, 0.4) is 0 Å². The number of H-pyrrole nitrogens is 1.